The van der Waals surface area contributed by atoms with Crippen molar-refractivity contribution in [1.29, 1.82) is 0 Å². The first kappa shape index (κ1) is 11.3. The third-order valence-electron chi connectivity index (χ3n) is 2.20. The van der Waals surface area contributed by atoms with E-state index in [0.29, 0.717) is 5.89 Å². The molecule has 0 aliphatic carbocycles. The second kappa shape index (κ2) is 4.75. The SMILES string of the molecule is Cc1nnc(NC(=O)[C@H](N)c2ccccc2)o1. The van der Waals surface area contributed by atoms with E-state index in [4.69, 9.17) is 10.2 Å². The van der Waals surface area contributed by atoms with Gasteiger partial charge in [0.2, 0.25) is 11.8 Å². The second-order valence-corrected chi connectivity index (χ2v) is 3.50. The molecule has 0 aliphatic rings. The molecule has 17 heavy (non-hydrogen) atoms. The Bertz CT molecular complexity index is 509. The van der Waals surface area contributed by atoms with Crippen LogP contribution in [-0.4, -0.2) is 16.1 Å². The lowest BCUT2D eigenvalue weighted by molar-refractivity contribution is -0.117. The Balaban J connectivity index is 2.06. The van der Waals surface area contributed by atoms with E-state index in [-0.39, 0.29) is 11.9 Å². The molecule has 0 bridgehead atoms. The Morgan fingerprint density at radius 2 is 2.06 bits per heavy atom. The van der Waals surface area contributed by atoms with E-state index >= 15 is 0 Å². The van der Waals surface area contributed by atoms with Crippen LogP contribution < -0.4 is 11.1 Å². The molecule has 88 valence electrons. The quantitative estimate of drug-likeness (QED) is 0.823. The number of aromatic nitrogens is 2. The zero-order chi connectivity index (χ0) is 12.3. The monoisotopic (exact) mass is 232 g/mol. The number of nitrogens with one attached hydrogen (secondary N) is 1. The van der Waals surface area contributed by atoms with Gasteiger partial charge in [-0.3, -0.25) is 10.1 Å². The average molecular weight is 232 g/mol. The summed E-state index contributed by atoms with van der Waals surface area (Å²) in [5.41, 5.74) is 6.51. The summed E-state index contributed by atoms with van der Waals surface area (Å²) in [7, 11) is 0. The lowest BCUT2D eigenvalue weighted by atomic mass is 10.1. The van der Waals surface area contributed by atoms with Crippen molar-refractivity contribution in [3.05, 3.63) is 41.8 Å². The Morgan fingerprint density at radius 1 is 1.35 bits per heavy atom. The number of amides is 1. The maximum Gasteiger partial charge on any atom is 0.322 e. The zero-order valence-corrected chi connectivity index (χ0v) is 9.25. The van der Waals surface area contributed by atoms with Crippen LogP contribution in [0.1, 0.15) is 17.5 Å². The third-order valence-corrected chi connectivity index (χ3v) is 2.20. The van der Waals surface area contributed by atoms with Gasteiger partial charge in [0.15, 0.2) is 0 Å². The topological polar surface area (TPSA) is 94.0 Å². The van der Waals surface area contributed by atoms with E-state index in [1.165, 1.54) is 0 Å². The van der Waals surface area contributed by atoms with E-state index < -0.39 is 6.04 Å². The van der Waals surface area contributed by atoms with Crippen molar-refractivity contribution in [3.8, 4) is 0 Å². The van der Waals surface area contributed by atoms with Gasteiger partial charge in [-0.05, 0) is 5.56 Å². The first-order valence-electron chi connectivity index (χ1n) is 5.08. The van der Waals surface area contributed by atoms with Gasteiger partial charge in [0.05, 0.1) is 0 Å². The van der Waals surface area contributed by atoms with Crippen LogP contribution in [0, 0.1) is 6.92 Å². The van der Waals surface area contributed by atoms with E-state index in [0.717, 1.165) is 5.56 Å². The third kappa shape index (κ3) is 2.67. The fraction of sp³-hybridized carbons (Fsp3) is 0.182. The fourth-order valence-corrected chi connectivity index (χ4v) is 1.34. The number of aryl methyl sites for hydroxylation is 1. The van der Waals surface area contributed by atoms with Crippen LogP contribution >= 0.6 is 0 Å². The van der Waals surface area contributed by atoms with Crippen LogP contribution in [-0.2, 0) is 4.79 Å². The van der Waals surface area contributed by atoms with Crippen molar-refractivity contribution < 1.29 is 9.21 Å². The summed E-state index contributed by atoms with van der Waals surface area (Å²) in [4.78, 5) is 11.8. The Morgan fingerprint density at radius 3 is 2.65 bits per heavy atom. The first-order chi connectivity index (χ1) is 8.16. The van der Waals surface area contributed by atoms with Crippen LogP contribution in [0.15, 0.2) is 34.7 Å². The van der Waals surface area contributed by atoms with E-state index in [1.807, 2.05) is 18.2 Å². The molecular weight excluding hydrogens is 220 g/mol. The summed E-state index contributed by atoms with van der Waals surface area (Å²) in [5, 5.41) is 9.71. The van der Waals surface area contributed by atoms with Gasteiger partial charge in [0.1, 0.15) is 6.04 Å². The summed E-state index contributed by atoms with van der Waals surface area (Å²) in [6.45, 7) is 1.64. The van der Waals surface area contributed by atoms with Crippen molar-refractivity contribution >= 4 is 11.9 Å². The highest BCUT2D eigenvalue weighted by Crippen LogP contribution is 2.12. The Hall–Kier alpha value is -2.21. The van der Waals surface area contributed by atoms with Crippen LogP contribution in [0.25, 0.3) is 0 Å². The number of nitrogens with two attached hydrogens (primary N) is 1. The number of carbonyl (C=O) groups excluding carboxylic acids is 1. The van der Waals surface area contributed by atoms with Gasteiger partial charge >= 0.3 is 6.01 Å². The summed E-state index contributed by atoms with van der Waals surface area (Å²) in [6.07, 6.45) is 0. The number of carbonyl (C=O) groups is 1. The number of nitrogens with zero attached hydrogens (tertiary/aromatic N) is 2. The molecule has 2 aromatic rings. The van der Waals surface area contributed by atoms with Crippen LogP contribution in [0.5, 0.6) is 0 Å². The minimum atomic E-state index is -0.761. The van der Waals surface area contributed by atoms with Gasteiger partial charge < -0.3 is 10.2 Å². The van der Waals surface area contributed by atoms with Crippen LogP contribution in [0.3, 0.4) is 0 Å². The smallest absolute Gasteiger partial charge is 0.322 e. The van der Waals surface area contributed by atoms with Gasteiger partial charge in [0.25, 0.3) is 0 Å². The molecule has 6 nitrogen and oxygen atoms in total. The summed E-state index contributed by atoms with van der Waals surface area (Å²) >= 11 is 0. The highest BCUT2D eigenvalue weighted by molar-refractivity contribution is 5.93. The van der Waals surface area contributed by atoms with Crippen molar-refractivity contribution in [3.63, 3.8) is 0 Å². The molecule has 0 unspecified atom stereocenters. The number of hydrogen-bond donors (Lipinski definition) is 2. The van der Waals surface area contributed by atoms with Gasteiger partial charge in [-0.2, -0.15) is 0 Å². The predicted octanol–water partition coefficient (Wildman–Crippen LogP) is 1.02. The van der Waals surface area contributed by atoms with Gasteiger partial charge in [-0.15, -0.1) is 5.10 Å². The second-order valence-electron chi connectivity index (χ2n) is 3.50. The molecule has 0 saturated carbocycles. The molecule has 3 N–H and O–H groups in total. The van der Waals surface area contributed by atoms with Gasteiger partial charge in [-0.25, -0.2) is 0 Å². The lowest BCUT2D eigenvalue weighted by Gasteiger charge is -2.09. The fourth-order valence-electron chi connectivity index (χ4n) is 1.34. The number of hydrogen-bond acceptors (Lipinski definition) is 5. The van der Waals surface area contributed by atoms with Crippen molar-refractivity contribution in [2.24, 2.45) is 5.73 Å². The molecule has 1 aromatic heterocycles. The number of anilines is 1. The molecule has 0 spiro atoms. The van der Waals surface area contributed by atoms with E-state index in [9.17, 15) is 4.79 Å². The summed E-state index contributed by atoms with van der Waals surface area (Å²) < 4.78 is 5.03. The largest absolute Gasteiger partial charge is 0.408 e. The highest BCUT2D eigenvalue weighted by atomic mass is 16.4. The maximum absolute atomic E-state index is 11.8. The van der Waals surface area contributed by atoms with Gasteiger partial charge in [-0.1, -0.05) is 35.4 Å². The molecule has 0 saturated heterocycles. The van der Waals surface area contributed by atoms with Gasteiger partial charge in [0, 0.05) is 6.92 Å². The first-order valence-corrected chi connectivity index (χ1v) is 5.08. The summed E-state index contributed by atoms with van der Waals surface area (Å²) in [5.74, 6) is -0.00608. The number of benzene rings is 1. The molecule has 1 heterocycles. The van der Waals surface area contributed by atoms with Crippen molar-refractivity contribution in [2.45, 2.75) is 13.0 Å². The minimum Gasteiger partial charge on any atom is -0.408 e. The standard InChI is InChI=1S/C11H12N4O2/c1-7-14-15-11(17-7)13-10(16)9(12)8-5-3-2-4-6-8/h2-6,9H,12H2,1H3,(H,13,15,16)/t9-/m1/s1. The molecule has 6 heteroatoms. The normalized spacial score (nSPS) is 12.1. The molecular formula is C11H12N4O2. The molecule has 1 amide bonds. The number of rotatable bonds is 3. The highest BCUT2D eigenvalue weighted by Gasteiger charge is 2.17. The molecule has 0 radical (unpaired) electrons. The summed E-state index contributed by atoms with van der Waals surface area (Å²) in [6, 6.07) is 8.35. The maximum atomic E-state index is 11.8. The Kier molecular flexibility index (Phi) is 3.15. The zero-order valence-electron chi connectivity index (χ0n) is 9.25. The lowest BCUT2D eigenvalue weighted by Crippen LogP contribution is -2.27. The van der Waals surface area contributed by atoms with Crippen LogP contribution in [0.4, 0.5) is 6.01 Å². The molecule has 2 rings (SSSR count). The molecule has 1 aromatic carbocycles. The van der Waals surface area contributed by atoms with Crippen LogP contribution in [0.2, 0.25) is 0 Å². The van der Waals surface area contributed by atoms with E-state index in [1.54, 1.807) is 19.1 Å². The minimum absolute atomic E-state index is 0.0545. The van der Waals surface area contributed by atoms with E-state index in [2.05, 4.69) is 15.5 Å². The van der Waals surface area contributed by atoms with Crippen molar-refractivity contribution in [1.82, 2.24) is 10.2 Å². The molecule has 0 aliphatic heterocycles. The average Bonchev–Trinajstić information content (AvgIpc) is 2.75. The predicted molar refractivity (Wildman–Crippen MR) is 61.0 cm³/mol. The molecule has 0 fully saturated rings. The Labute approximate surface area is 97.8 Å². The molecule has 1 atom stereocenters. The van der Waals surface area contributed by atoms with Crippen molar-refractivity contribution in [2.75, 3.05) is 5.32 Å².